The SMILES string of the molecule is CC(=Nc1cc2[nH]c3ccc#cc3c2cc1C)c1ccccc1. The van der Waals surface area contributed by atoms with Crippen LogP contribution in [0.1, 0.15) is 18.1 Å². The van der Waals surface area contributed by atoms with Crippen LogP contribution in [0.2, 0.25) is 0 Å². The normalized spacial score (nSPS) is 11.8. The molecule has 2 heteroatoms. The molecule has 0 aliphatic carbocycles. The lowest BCUT2D eigenvalue weighted by Crippen LogP contribution is -1.93. The van der Waals surface area contributed by atoms with E-state index in [0.29, 0.717) is 0 Å². The number of aromatic amines is 1. The van der Waals surface area contributed by atoms with Gasteiger partial charge in [-0.3, -0.25) is 4.99 Å². The first-order chi connectivity index (χ1) is 11.2. The molecule has 2 nitrogen and oxygen atoms in total. The van der Waals surface area contributed by atoms with E-state index in [1.807, 2.05) is 37.3 Å². The molecule has 0 amide bonds. The van der Waals surface area contributed by atoms with Crippen LogP contribution in [-0.2, 0) is 0 Å². The van der Waals surface area contributed by atoms with Gasteiger partial charge in [-0.15, -0.1) is 0 Å². The average Bonchev–Trinajstić information content (AvgIpc) is 2.93. The monoisotopic (exact) mass is 296 g/mol. The molecule has 0 spiro atoms. The summed E-state index contributed by atoms with van der Waals surface area (Å²) < 4.78 is 0. The van der Waals surface area contributed by atoms with Crippen molar-refractivity contribution in [1.82, 2.24) is 4.98 Å². The van der Waals surface area contributed by atoms with E-state index in [4.69, 9.17) is 4.99 Å². The molecule has 0 aliphatic heterocycles. The fraction of sp³-hybridized carbons (Fsp3) is 0.0952. The highest BCUT2D eigenvalue weighted by Crippen LogP contribution is 2.30. The minimum Gasteiger partial charge on any atom is -0.354 e. The van der Waals surface area contributed by atoms with Gasteiger partial charge in [-0.1, -0.05) is 42.5 Å². The molecule has 23 heavy (non-hydrogen) atoms. The summed E-state index contributed by atoms with van der Waals surface area (Å²) >= 11 is 0. The van der Waals surface area contributed by atoms with Crippen molar-refractivity contribution in [2.24, 2.45) is 4.99 Å². The van der Waals surface area contributed by atoms with Crippen molar-refractivity contribution in [2.45, 2.75) is 13.8 Å². The van der Waals surface area contributed by atoms with E-state index in [1.54, 1.807) is 0 Å². The standard InChI is InChI=1S/C21H16N2/c1-14-12-18-17-10-6-7-11-19(17)23-21(18)13-20(14)22-15(2)16-8-4-3-5-9-16/h3-5,7-9,11-13,23H,1-2H3. The summed E-state index contributed by atoms with van der Waals surface area (Å²) in [6.45, 7) is 4.15. The van der Waals surface area contributed by atoms with Crippen LogP contribution in [0, 0.1) is 19.1 Å². The highest BCUT2D eigenvalue weighted by Gasteiger charge is 2.07. The second kappa shape index (κ2) is 5.30. The van der Waals surface area contributed by atoms with E-state index < -0.39 is 0 Å². The highest BCUT2D eigenvalue weighted by atomic mass is 14.8. The van der Waals surface area contributed by atoms with Gasteiger partial charge in [-0.05, 0) is 49.2 Å². The predicted molar refractivity (Wildman–Crippen MR) is 96.5 cm³/mol. The lowest BCUT2D eigenvalue weighted by molar-refractivity contribution is 1.40. The molecule has 1 N–H and O–H groups in total. The van der Waals surface area contributed by atoms with E-state index >= 15 is 0 Å². The third-order valence-corrected chi connectivity index (χ3v) is 4.15. The number of aryl methyl sites for hydroxylation is 1. The zero-order valence-corrected chi connectivity index (χ0v) is 13.1. The number of aromatic nitrogens is 1. The van der Waals surface area contributed by atoms with Crippen molar-refractivity contribution in [3.8, 4) is 0 Å². The van der Waals surface area contributed by atoms with Crippen molar-refractivity contribution < 1.29 is 0 Å². The fourth-order valence-electron chi connectivity index (χ4n) is 2.90. The first-order valence-electron chi connectivity index (χ1n) is 7.67. The fourth-order valence-corrected chi connectivity index (χ4v) is 2.90. The Kier molecular flexibility index (Phi) is 3.13. The van der Waals surface area contributed by atoms with E-state index in [9.17, 15) is 0 Å². The van der Waals surface area contributed by atoms with E-state index in [2.05, 4.69) is 48.3 Å². The molecule has 0 fully saturated rings. The summed E-state index contributed by atoms with van der Waals surface area (Å²) in [5.74, 6) is 0. The van der Waals surface area contributed by atoms with Crippen LogP contribution in [0.4, 0.5) is 5.69 Å². The first-order valence-corrected chi connectivity index (χ1v) is 7.67. The van der Waals surface area contributed by atoms with Gasteiger partial charge in [0.1, 0.15) is 0 Å². The van der Waals surface area contributed by atoms with Crippen LogP contribution in [0.25, 0.3) is 21.8 Å². The van der Waals surface area contributed by atoms with E-state index in [-0.39, 0.29) is 0 Å². The minimum atomic E-state index is 0.995. The van der Waals surface area contributed by atoms with Crippen LogP contribution in [0.3, 0.4) is 0 Å². The average molecular weight is 296 g/mol. The summed E-state index contributed by atoms with van der Waals surface area (Å²) in [7, 11) is 0. The Balaban J connectivity index is 1.87. The minimum absolute atomic E-state index is 0.995. The van der Waals surface area contributed by atoms with Crippen LogP contribution < -0.4 is 0 Å². The number of benzene rings is 2. The van der Waals surface area contributed by atoms with Gasteiger partial charge in [0.2, 0.25) is 0 Å². The van der Waals surface area contributed by atoms with Gasteiger partial charge in [-0.25, -0.2) is 0 Å². The number of fused-ring (bicyclic) bond motifs is 3. The van der Waals surface area contributed by atoms with Gasteiger partial charge >= 0.3 is 0 Å². The largest absolute Gasteiger partial charge is 0.354 e. The summed E-state index contributed by atoms with van der Waals surface area (Å²) in [6.07, 6.45) is 0. The molecule has 0 bridgehead atoms. The molecule has 1 heterocycles. The summed E-state index contributed by atoms with van der Waals surface area (Å²) in [6, 6.07) is 24.7. The third-order valence-electron chi connectivity index (χ3n) is 4.15. The summed E-state index contributed by atoms with van der Waals surface area (Å²) in [5.41, 5.74) is 6.48. The Morgan fingerprint density at radius 3 is 2.70 bits per heavy atom. The molecule has 0 aliphatic rings. The topological polar surface area (TPSA) is 28.1 Å². The molecule has 4 rings (SSSR count). The van der Waals surface area contributed by atoms with Crippen LogP contribution in [-0.4, -0.2) is 10.7 Å². The maximum atomic E-state index is 4.83. The molecule has 3 aromatic carbocycles. The Morgan fingerprint density at radius 2 is 1.87 bits per heavy atom. The zero-order valence-electron chi connectivity index (χ0n) is 13.1. The zero-order chi connectivity index (χ0) is 15.8. The molecular weight excluding hydrogens is 280 g/mol. The predicted octanol–water partition coefficient (Wildman–Crippen LogP) is 5.37. The smallest absolute Gasteiger partial charge is 0.0683 e. The molecule has 0 radical (unpaired) electrons. The molecule has 0 unspecified atom stereocenters. The van der Waals surface area contributed by atoms with Crippen LogP contribution in [0.15, 0.2) is 59.6 Å². The Morgan fingerprint density at radius 1 is 1.04 bits per heavy atom. The maximum absolute atomic E-state index is 4.83. The van der Waals surface area contributed by atoms with Crippen LogP contribution >= 0.6 is 0 Å². The molecule has 0 saturated heterocycles. The number of hydrogen-bond acceptors (Lipinski definition) is 1. The third kappa shape index (κ3) is 2.37. The quantitative estimate of drug-likeness (QED) is 0.482. The molecule has 0 saturated carbocycles. The van der Waals surface area contributed by atoms with Crippen molar-refractivity contribution in [3.63, 3.8) is 0 Å². The number of hydrogen-bond donors (Lipinski definition) is 1. The van der Waals surface area contributed by atoms with Gasteiger partial charge in [0.15, 0.2) is 0 Å². The number of rotatable bonds is 2. The number of H-pyrrole nitrogens is 1. The lowest BCUT2D eigenvalue weighted by atomic mass is 10.1. The maximum Gasteiger partial charge on any atom is 0.0683 e. The summed E-state index contributed by atoms with van der Waals surface area (Å²) in [5, 5.41) is 2.26. The number of nitrogens with one attached hydrogen (secondary N) is 1. The molecular formula is C21H16N2. The van der Waals surface area contributed by atoms with E-state index in [1.165, 1.54) is 5.39 Å². The molecule has 110 valence electrons. The highest BCUT2D eigenvalue weighted by molar-refractivity contribution is 6.08. The van der Waals surface area contributed by atoms with Gasteiger partial charge in [0.25, 0.3) is 0 Å². The van der Waals surface area contributed by atoms with Gasteiger partial charge in [0.05, 0.1) is 16.6 Å². The van der Waals surface area contributed by atoms with Gasteiger partial charge in [0, 0.05) is 16.6 Å². The Bertz CT molecular complexity index is 1020. The molecule has 1 aromatic heterocycles. The first kappa shape index (κ1) is 13.6. The van der Waals surface area contributed by atoms with Crippen molar-refractivity contribution in [2.75, 3.05) is 0 Å². The lowest BCUT2D eigenvalue weighted by Gasteiger charge is -2.04. The summed E-state index contributed by atoms with van der Waals surface area (Å²) in [4.78, 5) is 8.27. The number of nitrogens with zero attached hydrogens (tertiary/aromatic N) is 1. The second-order valence-corrected chi connectivity index (χ2v) is 5.76. The number of aliphatic imine (C=N–C) groups is 1. The van der Waals surface area contributed by atoms with Crippen molar-refractivity contribution in [1.29, 1.82) is 0 Å². The van der Waals surface area contributed by atoms with Gasteiger partial charge < -0.3 is 4.98 Å². The Labute approximate surface area is 135 Å². The molecule has 0 atom stereocenters. The van der Waals surface area contributed by atoms with Crippen LogP contribution in [0.5, 0.6) is 0 Å². The Hall–Kier alpha value is -3.05. The second-order valence-electron chi connectivity index (χ2n) is 5.76. The molecule has 4 aromatic rings. The van der Waals surface area contributed by atoms with Gasteiger partial charge in [-0.2, -0.15) is 0 Å². The van der Waals surface area contributed by atoms with Crippen molar-refractivity contribution >= 4 is 33.2 Å². The van der Waals surface area contributed by atoms with E-state index in [0.717, 1.165) is 38.9 Å². The van der Waals surface area contributed by atoms with Crippen molar-refractivity contribution in [3.05, 3.63) is 77.9 Å².